The molecule has 2 aromatic heterocycles. The summed E-state index contributed by atoms with van der Waals surface area (Å²) in [4.78, 5) is 22.8. The lowest BCUT2D eigenvalue weighted by molar-refractivity contribution is -0.141. The van der Waals surface area contributed by atoms with Gasteiger partial charge < -0.3 is 9.47 Å². The molecule has 1 aliphatic heterocycles. The Morgan fingerprint density at radius 3 is 2.83 bits per heavy atom. The second kappa shape index (κ2) is 7.78. The van der Waals surface area contributed by atoms with E-state index >= 15 is 0 Å². The fourth-order valence-electron chi connectivity index (χ4n) is 3.85. The number of aryl methyl sites for hydroxylation is 2. The van der Waals surface area contributed by atoms with Crippen LogP contribution in [-0.2, 0) is 17.5 Å². The lowest BCUT2D eigenvalue weighted by Crippen LogP contribution is -2.39. The number of carbonyl (C=O) groups excluding carboxylic acids is 1. The minimum Gasteiger partial charge on any atom is -0.342 e. The summed E-state index contributed by atoms with van der Waals surface area (Å²) in [6, 6.07) is 7.80. The van der Waals surface area contributed by atoms with Crippen LogP contribution in [-0.4, -0.2) is 38.4 Å². The van der Waals surface area contributed by atoms with Crippen LogP contribution in [0.5, 0.6) is 0 Å². The number of carbonyl (C=O) groups is 1. The molecule has 1 saturated heterocycles. The molecule has 0 spiro atoms. The predicted molar refractivity (Wildman–Crippen MR) is 105 cm³/mol. The van der Waals surface area contributed by atoms with Crippen LogP contribution in [0.2, 0.25) is 0 Å². The van der Waals surface area contributed by atoms with Gasteiger partial charge in [0.1, 0.15) is 5.82 Å². The summed E-state index contributed by atoms with van der Waals surface area (Å²) in [5, 5.41) is 1.52. The van der Waals surface area contributed by atoms with Gasteiger partial charge in [-0.2, -0.15) is 13.2 Å². The predicted octanol–water partition coefficient (Wildman–Crippen LogP) is 4.62. The Kier molecular flexibility index (Phi) is 5.33. The maximum atomic E-state index is 12.8. The summed E-state index contributed by atoms with van der Waals surface area (Å²) in [5.41, 5.74) is 1.06. The van der Waals surface area contributed by atoms with Crippen molar-refractivity contribution in [2.24, 2.45) is 0 Å². The van der Waals surface area contributed by atoms with Crippen LogP contribution in [0.1, 0.15) is 41.7 Å². The Labute approximate surface area is 170 Å². The second-order valence-electron chi connectivity index (χ2n) is 7.30. The topological polar surface area (TPSA) is 51.0 Å². The van der Waals surface area contributed by atoms with Gasteiger partial charge in [0, 0.05) is 37.4 Å². The molecule has 1 amide bonds. The van der Waals surface area contributed by atoms with Crippen LogP contribution >= 0.6 is 11.3 Å². The molecule has 1 atom stereocenters. The van der Waals surface area contributed by atoms with Crippen LogP contribution in [0, 0.1) is 6.92 Å². The Morgan fingerprint density at radius 2 is 2.07 bits per heavy atom. The Balaban J connectivity index is 1.41. The second-order valence-corrected chi connectivity index (χ2v) is 8.19. The molecule has 0 aliphatic carbocycles. The van der Waals surface area contributed by atoms with Gasteiger partial charge in [-0.25, -0.2) is 9.97 Å². The van der Waals surface area contributed by atoms with Gasteiger partial charge in [0.25, 0.3) is 0 Å². The number of amides is 1. The first-order valence-corrected chi connectivity index (χ1v) is 10.4. The van der Waals surface area contributed by atoms with Crippen LogP contribution < -0.4 is 0 Å². The number of thiazole rings is 1. The summed E-state index contributed by atoms with van der Waals surface area (Å²) < 4.78 is 40.5. The molecule has 5 nitrogen and oxygen atoms in total. The van der Waals surface area contributed by atoms with E-state index in [0.717, 1.165) is 46.4 Å². The summed E-state index contributed by atoms with van der Waals surface area (Å²) >= 11 is 1.03. The molecule has 3 aromatic rings. The molecule has 154 valence electrons. The van der Waals surface area contributed by atoms with E-state index in [-0.39, 0.29) is 11.8 Å². The normalized spacial score (nSPS) is 17.8. The summed E-state index contributed by atoms with van der Waals surface area (Å²) in [6.07, 6.45) is -2.58. The van der Waals surface area contributed by atoms with Crippen molar-refractivity contribution in [2.45, 2.75) is 44.8 Å². The van der Waals surface area contributed by atoms with Crippen LogP contribution in [0.15, 0.2) is 29.6 Å². The highest BCUT2D eigenvalue weighted by Gasteiger charge is 2.35. The van der Waals surface area contributed by atoms with Crippen molar-refractivity contribution in [2.75, 3.05) is 13.1 Å². The highest BCUT2D eigenvalue weighted by atomic mass is 32.1. The van der Waals surface area contributed by atoms with Crippen molar-refractivity contribution in [3.8, 4) is 0 Å². The number of aromatic nitrogens is 3. The molecule has 3 heterocycles. The molecule has 0 radical (unpaired) electrons. The standard InChI is InChI=1S/C20H21F3N4OS/c1-13-24-15-6-2-3-7-16(15)27(13)10-8-18(28)26-9-4-5-14(11-26)19-25-17(12-29-19)20(21,22)23/h2-3,6-7,12,14H,4-5,8-11H2,1H3. The van der Waals surface area contributed by atoms with Crippen molar-refractivity contribution >= 4 is 28.3 Å². The van der Waals surface area contributed by atoms with Gasteiger partial charge >= 0.3 is 6.18 Å². The number of rotatable bonds is 4. The van der Waals surface area contributed by atoms with Crippen molar-refractivity contribution in [3.63, 3.8) is 0 Å². The highest BCUT2D eigenvalue weighted by Crippen LogP contribution is 2.35. The first kappa shape index (κ1) is 19.9. The average molecular weight is 422 g/mol. The summed E-state index contributed by atoms with van der Waals surface area (Å²) in [6.45, 7) is 3.51. The van der Waals surface area contributed by atoms with Gasteiger partial charge in [-0.05, 0) is 31.9 Å². The number of imidazole rings is 1. The first-order valence-electron chi connectivity index (χ1n) is 9.55. The molecule has 1 fully saturated rings. The largest absolute Gasteiger partial charge is 0.434 e. The minimum atomic E-state index is -4.43. The van der Waals surface area contributed by atoms with E-state index in [0.29, 0.717) is 31.1 Å². The zero-order chi connectivity index (χ0) is 20.6. The molecule has 4 rings (SSSR count). The Bertz CT molecular complexity index is 1030. The average Bonchev–Trinajstić information content (AvgIpc) is 3.31. The molecule has 0 saturated carbocycles. The fourth-order valence-corrected chi connectivity index (χ4v) is 4.81. The molecular formula is C20H21F3N4OS. The smallest absolute Gasteiger partial charge is 0.342 e. The number of halogens is 3. The van der Waals surface area contributed by atoms with Crippen molar-refractivity contribution < 1.29 is 18.0 Å². The number of para-hydroxylation sites is 2. The molecule has 0 N–H and O–H groups in total. The summed E-state index contributed by atoms with van der Waals surface area (Å²) in [7, 11) is 0. The highest BCUT2D eigenvalue weighted by molar-refractivity contribution is 7.09. The van der Waals surface area contributed by atoms with Gasteiger partial charge in [0.05, 0.1) is 16.0 Å². The first-order chi connectivity index (χ1) is 13.8. The summed E-state index contributed by atoms with van der Waals surface area (Å²) in [5.74, 6) is 0.738. The minimum absolute atomic E-state index is 0.0134. The van der Waals surface area contributed by atoms with E-state index in [1.807, 2.05) is 35.8 Å². The number of fused-ring (bicyclic) bond motifs is 1. The van der Waals surface area contributed by atoms with E-state index in [9.17, 15) is 18.0 Å². The molecule has 0 bridgehead atoms. The van der Waals surface area contributed by atoms with Crippen molar-refractivity contribution in [3.05, 3.63) is 46.2 Å². The number of benzene rings is 1. The van der Waals surface area contributed by atoms with Crippen LogP contribution in [0.25, 0.3) is 11.0 Å². The quantitative estimate of drug-likeness (QED) is 0.617. The Morgan fingerprint density at radius 1 is 1.28 bits per heavy atom. The number of hydrogen-bond donors (Lipinski definition) is 0. The van der Waals surface area contributed by atoms with Gasteiger partial charge in [0.2, 0.25) is 5.91 Å². The van der Waals surface area contributed by atoms with Crippen LogP contribution in [0.3, 0.4) is 0 Å². The number of likely N-dealkylation sites (tertiary alicyclic amines) is 1. The zero-order valence-electron chi connectivity index (χ0n) is 15.9. The lowest BCUT2D eigenvalue weighted by Gasteiger charge is -2.32. The van der Waals surface area contributed by atoms with Gasteiger partial charge in [-0.3, -0.25) is 4.79 Å². The number of hydrogen-bond acceptors (Lipinski definition) is 4. The number of piperidine rings is 1. The third kappa shape index (κ3) is 4.14. The zero-order valence-corrected chi connectivity index (χ0v) is 16.8. The monoisotopic (exact) mass is 422 g/mol. The lowest BCUT2D eigenvalue weighted by atomic mass is 9.98. The van der Waals surface area contributed by atoms with Gasteiger partial charge in [-0.1, -0.05) is 12.1 Å². The van der Waals surface area contributed by atoms with E-state index < -0.39 is 11.9 Å². The number of nitrogens with zero attached hydrogens (tertiary/aromatic N) is 4. The Hall–Kier alpha value is -2.42. The third-order valence-corrected chi connectivity index (χ3v) is 6.34. The molecule has 1 aliphatic rings. The number of alkyl halides is 3. The van der Waals surface area contributed by atoms with Crippen molar-refractivity contribution in [1.29, 1.82) is 0 Å². The van der Waals surface area contributed by atoms with E-state index in [1.54, 1.807) is 4.90 Å². The maximum absolute atomic E-state index is 12.8. The molecule has 1 aromatic carbocycles. The molecule has 29 heavy (non-hydrogen) atoms. The van der Waals surface area contributed by atoms with E-state index in [4.69, 9.17) is 0 Å². The van der Waals surface area contributed by atoms with Crippen LogP contribution in [0.4, 0.5) is 13.2 Å². The molecule has 1 unspecified atom stereocenters. The van der Waals surface area contributed by atoms with Crippen molar-refractivity contribution in [1.82, 2.24) is 19.4 Å². The third-order valence-electron chi connectivity index (χ3n) is 5.33. The molecular weight excluding hydrogens is 401 g/mol. The fraction of sp³-hybridized carbons (Fsp3) is 0.450. The SMILES string of the molecule is Cc1nc2ccccc2n1CCC(=O)N1CCCC(c2nc(C(F)(F)F)cs2)C1. The maximum Gasteiger partial charge on any atom is 0.434 e. The van der Waals surface area contributed by atoms with E-state index in [2.05, 4.69) is 9.97 Å². The van der Waals surface area contributed by atoms with E-state index in [1.165, 1.54) is 0 Å². The van der Waals surface area contributed by atoms with Gasteiger partial charge in [0.15, 0.2) is 5.69 Å². The molecule has 9 heteroatoms. The van der Waals surface area contributed by atoms with Gasteiger partial charge in [-0.15, -0.1) is 11.3 Å².